The number of carbonyl (C=O) groups is 1. The summed E-state index contributed by atoms with van der Waals surface area (Å²) in [6.07, 6.45) is 6.97. The second-order valence-electron chi connectivity index (χ2n) is 11.6. The molecule has 0 spiro atoms. The second kappa shape index (κ2) is 11.6. The van der Waals surface area contributed by atoms with E-state index in [2.05, 4.69) is 41.0 Å². The maximum absolute atomic E-state index is 13.3. The second-order valence-corrected chi connectivity index (χ2v) is 18.1. The Labute approximate surface area is 234 Å². The molecule has 0 atom stereocenters. The van der Waals surface area contributed by atoms with Crippen molar-refractivity contribution in [1.82, 2.24) is 19.5 Å². The van der Waals surface area contributed by atoms with Crippen molar-refractivity contribution in [3.8, 4) is 6.07 Å². The Bertz CT molecular complexity index is 1520. The number of rotatable bonds is 10. The Kier molecular flexibility index (Phi) is 8.44. The largest absolute Gasteiger partial charge is 0.361 e. The van der Waals surface area contributed by atoms with Gasteiger partial charge in [0.15, 0.2) is 11.4 Å². The highest BCUT2D eigenvalue weighted by Gasteiger charge is 2.28. The molecule has 39 heavy (non-hydrogen) atoms. The zero-order chi connectivity index (χ0) is 28.2. The lowest BCUT2D eigenvalue weighted by atomic mass is 9.87. The highest BCUT2D eigenvalue weighted by molar-refractivity contribution is 7.10. The lowest BCUT2D eigenvalue weighted by Crippen LogP contribution is -2.22. The van der Waals surface area contributed by atoms with E-state index in [1.807, 2.05) is 67.3 Å². The summed E-state index contributed by atoms with van der Waals surface area (Å²) >= 11 is 1.43. The molecule has 0 unspecified atom stereocenters. The Hall–Kier alpha value is -3.65. The van der Waals surface area contributed by atoms with Gasteiger partial charge in [0, 0.05) is 43.6 Å². The number of nitrogens with zero attached hydrogens (tertiary/aromatic N) is 5. The van der Waals surface area contributed by atoms with Crippen molar-refractivity contribution in [2.75, 3.05) is 11.9 Å². The van der Waals surface area contributed by atoms with E-state index < -0.39 is 13.5 Å². The van der Waals surface area contributed by atoms with Gasteiger partial charge in [0.05, 0.1) is 17.3 Å². The van der Waals surface area contributed by atoms with Gasteiger partial charge in [-0.3, -0.25) is 4.79 Å². The summed E-state index contributed by atoms with van der Waals surface area (Å²) in [5, 5.41) is 15.3. The molecule has 3 aromatic heterocycles. The Morgan fingerprint density at radius 1 is 1.21 bits per heavy atom. The van der Waals surface area contributed by atoms with Crippen molar-refractivity contribution in [3.63, 3.8) is 0 Å². The maximum atomic E-state index is 13.3. The van der Waals surface area contributed by atoms with Crippen LogP contribution in [0.5, 0.6) is 0 Å². The van der Waals surface area contributed by atoms with Crippen molar-refractivity contribution in [2.45, 2.75) is 53.2 Å². The zero-order valence-electron chi connectivity index (χ0n) is 23.3. The number of hydrogen-bond acceptors (Lipinski definition) is 8. The molecule has 202 valence electrons. The smallest absolute Gasteiger partial charge is 0.171 e. The van der Waals surface area contributed by atoms with Gasteiger partial charge < -0.3 is 14.6 Å². The Morgan fingerprint density at radius 2 is 1.95 bits per heavy atom. The van der Waals surface area contributed by atoms with Gasteiger partial charge in [-0.05, 0) is 29.8 Å². The molecule has 0 fully saturated rings. The molecule has 1 N–H and O–H groups in total. The number of carbonyl (C=O) groups excluding carboxylic acids is 1. The Balaban J connectivity index is 1.57. The first-order valence-corrected chi connectivity index (χ1v) is 17.4. The van der Waals surface area contributed by atoms with Gasteiger partial charge in [0.2, 0.25) is 0 Å². The molecule has 0 saturated heterocycles. The summed E-state index contributed by atoms with van der Waals surface area (Å²) in [5.74, 6) is 0.538. The first kappa shape index (κ1) is 28.4. The van der Waals surface area contributed by atoms with Gasteiger partial charge in [0.25, 0.3) is 0 Å². The van der Waals surface area contributed by atoms with Crippen LogP contribution in [-0.2, 0) is 11.5 Å². The summed E-state index contributed by atoms with van der Waals surface area (Å²) in [7, 11) is -1.20. The van der Waals surface area contributed by atoms with Gasteiger partial charge in [0.1, 0.15) is 29.1 Å². The third-order valence-corrected chi connectivity index (χ3v) is 8.51. The fraction of sp³-hybridized carbons (Fsp3) is 0.345. The quantitative estimate of drug-likeness (QED) is 0.0946. The zero-order valence-corrected chi connectivity index (χ0v) is 25.1. The topological polar surface area (TPSA) is 106 Å². The third-order valence-electron chi connectivity index (χ3n) is 6.00. The molecule has 0 aliphatic rings. The van der Waals surface area contributed by atoms with Gasteiger partial charge >= 0.3 is 0 Å². The first-order chi connectivity index (χ1) is 18.4. The van der Waals surface area contributed by atoms with Crippen LogP contribution in [-0.4, -0.2) is 40.0 Å². The fourth-order valence-electron chi connectivity index (χ4n) is 3.80. The maximum Gasteiger partial charge on any atom is 0.171 e. The van der Waals surface area contributed by atoms with Crippen LogP contribution in [0.3, 0.4) is 0 Å². The third kappa shape index (κ3) is 7.26. The number of anilines is 2. The highest BCUT2D eigenvalue weighted by atomic mass is 32.1. The van der Waals surface area contributed by atoms with Crippen LogP contribution >= 0.6 is 11.3 Å². The predicted molar refractivity (Wildman–Crippen MR) is 161 cm³/mol. The SMILES string of the molecule is CC(C)(C)C(=O)c1cn(COCC[Si](C)(C)C)c2ncc(Nc3ccc(C=C(C#N)c4nccs4)cc3)nc12. The number of fused-ring (bicyclic) bond motifs is 1. The fourth-order valence-corrected chi connectivity index (χ4v) is 5.16. The van der Waals surface area contributed by atoms with Crippen LogP contribution in [0, 0.1) is 16.7 Å². The number of ketones is 1. The van der Waals surface area contributed by atoms with Crippen molar-refractivity contribution >= 4 is 59.5 Å². The van der Waals surface area contributed by atoms with Crippen LogP contribution in [0.2, 0.25) is 25.7 Å². The standard InChI is InChI=1S/C29H34N6O2SSi/c1-29(2,3)26(36)23-18-35(19-37-12-14-39(4,5)6)27-25(23)34-24(17-32-27)33-22-9-7-20(8-10-22)15-21(16-30)28-31-11-13-38-28/h7-11,13,15,17-18H,12,14,19H2,1-6H3,(H,33,34). The molecule has 1 aromatic carbocycles. The van der Waals surface area contributed by atoms with Gasteiger partial charge in [-0.1, -0.05) is 52.5 Å². The molecular weight excluding hydrogens is 525 g/mol. The molecule has 0 amide bonds. The van der Waals surface area contributed by atoms with E-state index in [0.29, 0.717) is 46.5 Å². The molecule has 0 saturated carbocycles. The number of nitriles is 1. The number of thiazole rings is 1. The van der Waals surface area contributed by atoms with E-state index in [9.17, 15) is 10.1 Å². The predicted octanol–water partition coefficient (Wildman–Crippen LogP) is 7.24. The average Bonchev–Trinajstić information content (AvgIpc) is 3.53. The lowest BCUT2D eigenvalue weighted by Gasteiger charge is -2.16. The van der Waals surface area contributed by atoms with E-state index in [0.717, 1.165) is 17.3 Å². The van der Waals surface area contributed by atoms with Crippen LogP contribution in [0.1, 0.15) is 41.7 Å². The van der Waals surface area contributed by atoms with Gasteiger partial charge in [-0.2, -0.15) is 5.26 Å². The molecule has 0 bridgehead atoms. The minimum Gasteiger partial charge on any atom is -0.361 e. The number of allylic oxidation sites excluding steroid dienone is 1. The number of aromatic nitrogens is 4. The first-order valence-electron chi connectivity index (χ1n) is 12.8. The molecular formula is C29H34N6O2SSi. The summed E-state index contributed by atoms with van der Waals surface area (Å²) in [6.45, 7) is 13.7. The van der Waals surface area contributed by atoms with E-state index >= 15 is 0 Å². The minimum atomic E-state index is -1.20. The average molecular weight is 559 g/mol. The molecule has 0 aliphatic heterocycles. The molecule has 0 radical (unpaired) electrons. The lowest BCUT2D eigenvalue weighted by molar-refractivity contribution is 0.0849. The summed E-state index contributed by atoms with van der Waals surface area (Å²) in [6, 6.07) is 10.9. The summed E-state index contributed by atoms with van der Waals surface area (Å²) < 4.78 is 7.82. The monoisotopic (exact) mass is 558 g/mol. The number of nitrogens with one attached hydrogen (secondary N) is 1. The Morgan fingerprint density at radius 3 is 2.56 bits per heavy atom. The van der Waals surface area contributed by atoms with E-state index in [4.69, 9.17) is 9.72 Å². The van der Waals surface area contributed by atoms with Crippen molar-refractivity contribution in [2.24, 2.45) is 5.41 Å². The number of Topliss-reactive ketones (excluding diaryl/α,β-unsaturated/α-hetero) is 1. The molecule has 8 nitrogen and oxygen atoms in total. The molecule has 0 aliphatic carbocycles. The minimum absolute atomic E-state index is 0.00414. The van der Waals surface area contributed by atoms with Crippen molar-refractivity contribution in [1.29, 1.82) is 5.26 Å². The highest BCUT2D eigenvalue weighted by Crippen LogP contribution is 2.28. The van der Waals surface area contributed by atoms with E-state index in [-0.39, 0.29) is 5.78 Å². The van der Waals surface area contributed by atoms with Gasteiger partial charge in [-0.15, -0.1) is 11.3 Å². The van der Waals surface area contributed by atoms with Crippen molar-refractivity contribution in [3.05, 3.63) is 64.4 Å². The van der Waals surface area contributed by atoms with Crippen LogP contribution in [0.25, 0.3) is 22.8 Å². The summed E-state index contributed by atoms with van der Waals surface area (Å²) in [4.78, 5) is 26.9. The summed E-state index contributed by atoms with van der Waals surface area (Å²) in [5.41, 5.74) is 3.36. The van der Waals surface area contributed by atoms with Crippen LogP contribution in [0.4, 0.5) is 11.5 Å². The molecule has 3 heterocycles. The molecule has 4 rings (SSSR count). The normalized spacial score (nSPS) is 12.5. The van der Waals surface area contributed by atoms with Crippen molar-refractivity contribution < 1.29 is 9.53 Å². The molecule has 10 heteroatoms. The number of benzene rings is 1. The van der Waals surface area contributed by atoms with E-state index in [1.54, 1.807) is 12.4 Å². The van der Waals surface area contributed by atoms with E-state index in [1.165, 1.54) is 11.3 Å². The van der Waals surface area contributed by atoms with Gasteiger partial charge in [-0.25, -0.2) is 15.0 Å². The molecule has 4 aromatic rings. The van der Waals surface area contributed by atoms with Crippen LogP contribution in [0.15, 0.2) is 48.2 Å². The van der Waals surface area contributed by atoms with Crippen LogP contribution < -0.4 is 5.32 Å². The number of hydrogen-bond donors (Lipinski definition) is 1. The number of ether oxygens (including phenoxy) is 1.